The fraction of sp³-hybridized carbons (Fsp3) is 0.353. The van der Waals surface area contributed by atoms with Gasteiger partial charge in [-0.05, 0) is 31.0 Å². The number of nitrogens with one attached hydrogen (secondary N) is 1. The third-order valence-corrected chi connectivity index (χ3v) is 3.84. The summed E-state index contributed by atoms with van der Waals surface area (Å²) in [5.41, 5.74) is 3.75. The maximum atomic E-state index is 12.3. The Bertz CT molecular complexity index is 694. The molecule has 0 radical (unpaired) electrons. The van der Waals surface area contributed by atoms with Crippen molar-refractivity contribution in [1.29, 1.82) is 0 Å². The predicted octanol–water partition coefficient (Wildman–Crippen LogP) is 2.31. The van der Waals surface area contributed by atoms with Gasteiger partial charge < -0.3 is 15.0 Å². The molecule has 6 nitrogen and oxygen atoms in total. The zero-order valence-electron chi connectivity index (χ0n) is 13.4. The molecule has 1 aromatic carbocycles. The average molecular weight is 312 g/mol. The quantitative estimate of drug-likeness (QED) is 0.942. The molecule has 1 aromatic heterocycles. The van der Waals surface area contributed by atoms with Crippen LogP contribution in [-0.4, -0.2) is 47.1 Å². The van der Waals surface area contributed by atoms with Crippen molar-refractivity contribution in [3.8, 4) is 0 Å². The second-order valence-corrected chi connectivity index (χ2v) is 5.64. The highest BCUT2D eigenvalue weighted by Gasteiger charge is 2.19. The number of morpholine rings is 1. The lowest BCUT2D eigenvalue weighted by Gasteiger charge is -2.26. The highest BCUT2D eigenvalue weighted by atomic mass is 16.5. The molecule has 0 bridgehead atoms. The van der Waals surface area contributed by atoms with E-state index in [0.29, 0.717) is 37.8 Å². The number of ether oxygens (including phenoxy) is 1. The minimum atomic E-state index is -0.0495. The first-order valence-electron chi connectivity index (χ1n) is 7.67. The third-order valence-electron chi connectivity index (χ3n) is 3.84. The molecule has 120 valence electrons. The molecule has 1 amide bonds. The van der Waals surface area contributed by atoms with E-state index in [1.807, 2.05) is 26.0 Å². The van der Waals surface area contributed by atoms with Crippen LogP contribution in [0.2, 0.25) is 0 Å². The van der Waals surface area contributed by atoms with E-state index < -0.39 is 0 Å². The zero-order chi connectivity index (χ0) is 16.2. The number of amides is 1. The first kappa shape index (κ1) is 15.4. The van der Waals surface area contributed by atoms with Crippen LogP contribution in [0, 0.1) is 13.8 Å². The van der Waals surface area contributed by atoms with Crippen molar-refractivity contribution >= 4 is 17.5 Å². The van der Waals surface area contributed by atoms with Gasteiger partial charge in [-0.25, -0.2) is 9.97 Å². The fourth-order valence-corrected chi connectivity index (χ4v) is 2.44. The number of benzene rings is 1. The average Bonchev–Trinajstić information content (AvgIpc) is 2.59. The summed E-state index contributed by atoms with van der Waals surface area (Å²) in [7, 11) is 0. The van der Waals surface area contributed by atoms with E-state index in [2.05, 4.69) is 21.4 Å². The van der Waals surface area contributed by atoms with Crippen molar-refractivity contribution in [2.75, 3.05) is 31.6 Å². The molecule has 1 aliphatic heterocycles. The minimum Gasteiger partial charge on any atom is -0.378 e. The second kappa shape index (κ2) is 6.75. The van der Waals surface area contributed by atoms with Crippen molar-refractivity contribution in [3.63, 3.8) is 0 Å². The molecule has 3 rings (SSSR count). The van der Waals surface area contributed by atoms with Gasteiger partial charge in [-0.15, -0.1) is 0 Å². The molecular formula is C17H20N4O2. The topological polar surface area (TPSA) is 67.4 Å². The molecule has 0 saturated carbocycles. The lowest BCUT2D eigenvalue weighted by atomic mass is 10.1. The fourth-order valence-electron chi connectivity index (χ4n) is 2.44. The standard InChI is InChI=1S/C17H20N4O2/c1-12-3-4-13(2)15(9-12)20-17-18-10-14(11-19-17)16(22)21-5-7-23-8-6-21/h3-4,9-11H,5-8H2,1-2H3,(H,18,19,20). The summed E-state index contributed by atoms with van der Waals surface area (Å²) in [6, 6.07) is 6.16. The molecule has 0 aliphatic carbocycles. The Balaban J connectivity index is 1.71. The van der Waals surface area contributed by atoms with Crippen LogP contribution in [0.5, 0.6) is 0 Å². The molecule has 6 heteroatoms. The second-order valence-electron chi connectivity index (χ2n) is 5.64. The normalized spacial score (nSPS) is 14.6. The summed E-state index contributed by atoms with van der Waals surface area (Å²) >= 11 is 0. The highest BCUT2D eigenvalue weighted by molar-refractivity contribution is 5.93. The molecule has 2 aromatic rings. The lowest BCUT2D eigenvalue weighted by Crippen LogP contribution is -2.40. The maximum Gasteiger partial charge on any atom is 0.257 e. The van der Waals surface area contributed by atoms with Crippen molar-refractivity contribution in [3.05, 3.63) is 47.3 Å². The summed E-state index contributed by atoms with van der Waals surface area (Å²) in [6.45, 7) is 6.45. The smallest absolute Gasteiger partial charge is 0.257 e. The van der Waals surface area contributed by atoms with Gasteiger partial charge in [0.2, 0.25) is 5.95 Å². The van der Waals surface area contributed by atoms with E-state index in [4.69, 9.17) is 4.74 Å². The van der Waals surface area contributed by atoms with Crippen LogP contribution in [0.15, 0.2) is 30.6 Å². The number of rotatable bonds is 3. The van der Waals surface area contributed by atoms with Gasteiger partial charge in [0.15, 0.2) is 0 Å². The number of anilines is 2. The molecule has 0 atom stereocenters. The van der Waals surface area contributed by atoms with Crippen LogP contribution in [0.3, 0.4) is 0 Å². The number of hydrogen-bond acceptors (Lipinski definition) is 5. The largest absolute Gasteiger partial charge is 0.378 e. The molecule has 0 unspecified atom stereocenters. The van der Waals surface area contributed by atoms with E-state index in [9.17, 15) is 4.79 Å². The Kier molecular flexibility index (Phi) is 4.52. The Morgan fingerprint density at radius 3 is 2.57 bits per heavy atom. The highest BCUT2D eigenvalue weighted by Crippen LogP contribution is 2.19. The zero-order valence-corrected chi connectivity index (χ0v) is 13.4. The van der Waals surface area contributed by atoms with Gasteiger partial charge in [0.25, 0.3) is 5.91 Å². The third kappa shape index (κ3) is 3.65. The summed E-state index contributed by atoms with van der Waals surface area (Å²) in [6.07, 6.45) is 3.14. The van der Waals surface area contributed by atoms with E-state index in [-0.39, 0.29) is 5.91 Å². The number of aromatic nitrogens is 2. The van der Waals surface area contributed by atoms with Gasteiger partial charge in [-0.3, -0.25) is 4.79 Å². The molecule has 23 heavy (non-hydrogen) atoms. The summed E-state index contributed by atoms with van der Waals surface area (Å²) in [4.78, 5) is 22.6. The summed E-state index contributed by atoms with van der Waals surface area (Å²) < 4.78 is 5.26. The number of nitrogens with zero attached hydrogens (tertiary/aromatic N) is 3. The SMILES string of the molecule is Cc1ccc(C)c(Nc2ncc(C(=O)N3CCOCC3)cn2)c1. The van der Waals surface area contributed by atoms with Gasteiger partial charge in [0, 0.05) is 31.2 Å². The van der Waals surface area contributed by atoms with Crippen LogP contribution in [-0.2, 0) is 4.74 Å². The molecule has 1 aliphatic rings. The van der Waals surface area contributed by atoms with Crippen LogP contribution in [0.4, 0.5) is 11.6 Å². The van der Waals surface area contributed by atoms with Crippen molar-refractivity contribution < 1.29 is 9.53 Å². The first-order valence-corrected chi connectivity index (χ1v) is 7.67. The van der Waals surface area contributed by atoms with Crippen molar-refractivity contribution in [2.45, 2.75) is 13.8 Å². The van der Waals surface area contributed by atoms with Crippen molar-refractivity contribution in [1.82, 2.24) is 14.9 Å². The number of carbonyl (C=O) groups is 1. The predicted molar refractivity (Wildman–Crippen MR) is 88.0 cm³/mol. The lowest BCUT2D eigenvalue weighted by molar-refractivity contribution is 0.0302. The van der Waals surface area contributed by atoms with Gasteiger partial charge in [0.05, 0.1) is 18.8 Å². The van der Waals surface area contributed by atoms with Gasteiger partial charge >= 0.3 is 0 Å². The van der Waals surface area contributed by atoms with Crippen LogP contribution in [0.25, 0.3) is 0 Å². The van der Waals surface area contributed by atoms with Gasteiger partial charge in [0.1, 0.15) is 0 Å². The Morgan fingerprint density at radius 1 is 1.17 bits per heavy atom. The molecule has 2 heterocycles. The van der Waals surface area contributed by atoms with Crippen molar-refractivity contribution in [2.24, 2.45) is 0 Å². The molecule has 0 spiro atoms. The van der Waals surface area contributed by atoms with E-state index in [1.165, 1.54) is 0 Å². The number of carbonyl (C=O) groups excluding carboxylic acids is 1. The number of hydrogen-bond donors (Lipinski definition) is 1. The van der Waals surface area contributed by atoms with E-state index in [0.717, 1.165) is 16.8 Å². The van der Waals surface area contributed by atoms with Crippen LogP contribution in [0.1, 0.15) is 21.5 Å². The van der Waals surface area contributed by atoms with Crippen LogP contribution < -0.4 is 5.32 Å². The first-order chi connectivity index (χ1) is 11.1. The van der Waals surface area contributed by atoms with E-state index >= 15 is 0 Å². The Labute approximate surface area is 135 Å². The molecule has 1 saturated heterocycles. The van der Waals surface area contributed by atoms with Crippen LogP contribution >= 0.6 is 0 Å². The number of aryl methyl sites for hydroxylation is 2. The maximum absolute atomic E-state index is 12.3. The summed E-state index contributed by atoms with van der Waals surface area (Å²) in [5, 5.41) is 3.19. The summed E-state index contributed by atoms with van der Waals surface area (Å²) in [5.74, 6) is 0.434. The molecular weight excluding hydrogens is 292 g/mol. The Morgan fingerprint density at radius 2 is 1.87 bits per heavy atom. The molecule has 1 fully saturated rings. The monoisotopic (exact) mass is 312 g/mol. The van der Waals surface area contributed by atoms with E-state index in [1.54, 1.807) is 17.3 Å². The van der Waals surface area contributed by atoms with Gasteiger partial charge in [-0.1, -0.05) is 12.1 Å². The molecule has 1 N–H and O–H groups in total. The Hall–Kier alpha value is -2.47. The minimum absolute atomic E-state index is 0.0495. The van der Waals surface area contributed by atoms with Gasteiger partial charge in [-0.2, -0.15) is 0 Å².